The summed E-state index contributed by atoms with van der Waals surface area (Å²) in [6, 6.07) is 0. The average molecular weight is 484 g/mol. The van der Waals surface area contributed by atoms with Gasteiger partial charge in [-0.2, -0.15) is 0 Å². The molecule has 8 heteroatoms. The summed E-state index contributed by atoms with van der Waals surface area (Å²) in [6.45, 7) is 5.51. The van der Waals surface area contributed by atoms with Crippen molar-refractivity contribution in [3.8, 4) is 0 Å². The van der Waals surface area contributed by atoms with E-state index in [9.17, 15) is 24.2 Å². The van der Waals surface area contributed by atoms with Crippen molar-refractivity contribution in [2.75, 3.05) is 13.8 Å². The topological polar surface area (TPSA) is 95.9 Å². The van der Waals surface area contributed by atoms with Crippen LogP contribution in [0.5, 0.6) is 0 Å². The molecule has 3 saturated carbocycles. The number of Topliss-reactive ketones (excluding diaryl/α,β-unsaturated/α-hetero) is 1. The fraction of sp³-hybridized carbons (Fsp3) is 0.846. The van der Waals surface area contributed by atoms with Gasteiger partial charge in [-0.1, -0.05) is 27.2 Å². The van der Waals surface area contributed by atoms with Gasteiger partial charge in [0.15, 0.2) is 11.6 Å². The van der Waals surface area contributed by atoms with Gasteiger partial charge < -0.3 is 14.9 Å². The fourth-order valence-corrected chi connectivity index (χ4v) is 8.71. The Balaban J connectivity index is 0.00000133. The standard InChI is InChI=1S/C25H36FNO5.CH3F/c1-4-5-21-27-25(19(31)12-28)20(32-21)10-15-14-9-17(26)16-8-13(29)6-7-23(16,2)22(14)18(30)11-24(15,25)3;1-2/h8,14-15,17-18,20-22,27-28,30H,4-7,9-12H2,1-3H3;1H3/t14?,15?,17-,18?,20+,21+,22?,23-,24-,25+;/m0./s1. The average Bonchev–Trinajstić information content (AvgIpc) is 3.28. The van der Waals surface area contributed by atoms with Crippen LogP contribution in [0.4, 0.5) is 8.78 Å². The van der Waals surface area contributed by atoms with Crippen LogP contribution in [0.15, 0.2) is 11.6 Å². The number of hydrogen-bond donors (Lipinski definition) is 3. The van der Waals surface area contributed by atoms with E-state index in [1.54, 1.807) is 0 Å². The van der Waals surface area contributed by atoms with Crippen molar-refractivity contribution in [1.82, 2.24) is 5.32 Å². The molecule has 0 spiro atoms. The lowest BCUT2D eigenvalue weighted by molar-refractivity contribution is -0.157. The predicted octanol–water partition coefficient (Wildman–Crippen LogP) is 3.05. The predicted molar refractivity (Wildman–Crippen MR) is 122 cm³/mol. The SMILES string of the molecule is CCC[C@@H]1N[C@]2(C(=O)CO)[C@@H](CC3C4C[C@H](F)C5=CC(=O)CC[C@]5(C)C4C(O)C[C@@]32C)O1.CF. The van der Waals surface area contributed by atoms with E-state index in [0.717, 1.165) is 12.8 Å². The molecule has 0 aromatic rings. The third-order valence-electron chi connectivity index (χ3n) is 9.97. The number of ketones is 2. The molecule has 1 saturated heterocycles. The Hall–Kier alpha value is -1.22. The number of halogens is 2. The second kappa shape index (κ2) is 9.02. The quantitative estimate of drug-likeness (QED) is 0.569. The number of alkyl halides is 2. The van der Waals surface area contributed by atoms with Crippen LogP contribution in [-0.4, -0.2) is 65.7 Å². The number of rotatable bonds is 4. The van der Waals surface area contributed by atoms with Gasteiger partial charge in [0.2, 0.25) is 0 Å². The van der Waals surface area contributed by atoms with Crippen LogP contribution < -0.4 is 5.32 Å². The molecule has 0 radical (unpaired) electrons. The number of carbonyl (C=O) groups is 2. The molecule has 0 aromatic heterocycles. The Morgan fingerprint density at radius 3 is 2.65 bits per heavy atom. The van der Waals surface area contributed by atoms with E-state index in [4.69, 9.17) is 4.74 Å². The summed E-state index contributed by atoms with van der Waals surface area (Å²) in [4.78, 5) is 25.3. The normalized spacial score (nSPS) is 49.1. The maximum absolute atomic E-state index is 15.5. The summed E-state index contributed by atoms with van der Waals surface area (Å²) in [5, 5.41) is 24.9. The Morgan fingerprint density at radius 1 is 1.29 bits per heavy atom. The van der Waals surface area contributed by atoms with Crippen LogP contribution in [0, 0.1) is 28.6 Å². The Bertz CT molecular complexity index is 866. The minimum Gasteiger partial charge on any atom is -0.393 e. The third-order valence-corrected chi connectivity index (χ3v) is 9.97. The lowest BCUT2D eigenvalue weighted by Gasteiger charge is -2.61. The van der Waals surface area contributed by atoms with Crippen LogP contribution >= 0.6 is 0 Å². The van der Waals surface area contributed by atoms with E-state index < -0.39 is 41.4 Å². The first-order valence-corrected chi connectivity index (χ1v) is 12.6. The second-order valence-corrected chi connectivity index (χ2v) is 11.3. The van der Waals surface area contributed by atoms with Gasteiger partial charge in [-0.15, -0.1) is 0 Å². The van der Waals surface area contributed by atoms with Crippen molar-refractivity contribution >= 4 is 11.6 Å². The van der Waals surface area contributed by atoms with E-state index in [1.807, 2.05) is 13.8 Å². The first-order chi connectivity index (χ1) is 16.1. The van der Waals surface area contributed by atoms with E-state index in [1.165, 1.54) is 6.08 Å². The number of allylic oxidation sites excluding steroid dienone is 1. The molecular formula is C26H39F2NO5. The zero-order chi connectivity index (χ0) is 25.1. The molecule has 4 fully saturated rings. The molecule has 192 valence electrons. The smallest absolute Gasteiger partial charge is 0.181 e. The molecular weight excluding hydrogens is 444 g/mol. The van der Waals surface area contributed by atoms with Crippen LogP contribution in [0.2, 0.25) is 0 Å². The first kappa shape index (κ1) is 25.9. The third kappa shape index (κ3) is 3.31. The van der Waals surface area contributed by atoms with E-state index in [2.05, 4.69) is 12.2 Å². The fourth-order valence-electron chi connectivity index (χ4n) is 8.71. The molecule has 10 atom stereocenters. The second-order valence-electron chi connectivity index (χ2n) is 11.3. The van der Waals surface area contributed by atoms with E-state index in [0.29, 0.717) is 38.4 Å². The minimum absolute atomic E-state index is 0.0132. The molecule has 4 unspecified atom stereocenters. The van der Waals surface area contributed by atoms with Gasteiger partial charge in [0.05, 0.1) is 19.4 Å². The summed E-state index contributed by atoms with van der Waals surface area (Å²) < 4.78 is 31.4. The van der Waals surface area contributed by atoms with Crippen molar-refractivity contribution in [3.63, 3.8) is 0 Å². The van der Waals surface area contributed by atoms with Crippen molar-refractivity contribution in [2.24, 2.45) is 28.6 Å². The number of fused-ring (bicyclic) bond motifs is 7. The number of aliphatic hydroxyl groups is 2. The van der Waals surface area contributed by atoms with Crippen molar-refractivity contribution in [3.05, 3.63) is 11.6 Å². The van der Waals surface area contributed by atoms with Gasteiger partial charge in [0, 0.05) is 11.8 Å². The van der Waals surface area contributed by atoms with Crippen LogP contribution in [0.1, 0.15) is 65.7 Å². The minimum atomic E-state index is -1.22. The molecule has 0 amide bonds. The van der Waals surface area contributed by atoms with E-state index >= 15 is 4.39 Å². The molecule has 34 heavy (non-hydrogen) atoms. The Labute approximate surface area is 200 Å². The molecule has 1 heterocycles. The maximum Gasteiger partial charge on any atom is 0.181 e. The summed E-state index contributed by atoms with van der Waals surface area (Å²) >= 11 is 0. The Kier molecular flexibility index (Phi) is 6.86. The molecule has 6 nitrogen and oxygen atoms in total. The van der Waals surface area contributed by atoms with Crippen molar-refractivity contribution in [2.45, 2.75) is 95.9 Å². The lowest BCUT2D eigenvalue weighted by Crippen LogP contribution is -2.68. The maximum atomic E-state index is 15.5. The van der Waals surface area contributed by atoms with Gasteiger partial charge in [-0.05, 0) is 66.9 Å². The summed E-state index contributed by atoms with van der Waals surface area (Å²) in [7, 11) is 0.500. The number of nitrogens with one attached hydrogen (secondary N) is 1. The lowest BCUT2D eigenvalue weighted by atomic mass is 9.44. The van der Waals surface area contributed by atoms with Crippen LogP contribution in [0.25, 0.3) is 0 Å². The number of ether oxygens (including phenoxy) is 1. The molecule has 0 bridgehead atoms. The zero-order valence-corrected chi connectivity index (χ0v) is 20.7. The number of carbonyl (C=O) groups excluding carboxylic acids is 2. The number of hydrogen-bond acceptors (Lipinski definition) is 6. The zero-order valence-electron chi connectivity index (χ0n) is 20.7. The summed E-state index contributed by atoms with van der Waals surface area (Å²) in [6.07, 6.45) is 2.76. The monoisotopic (exact) mass is 483 g/mol. The van der Waals surface area contributed by atoms with Gasteiger partial charge in [0.25, 0.3) is 0 Å². The molecule has 4 aliphatic carbocycles. The molecule has 0 aromatic carbocycles. The largest absolute Gasteiger partial charge is 0.393 e. The Morgan fingerprint density at radius 2 is 2.00 bits per heavy atom. The number of aliphatic hydroxyl groups excluding tert-OH is 2. The molecule has 5 aliphatic rings. The van der Waals surface area contributed by atoms with E-state index in [-0.39, 0.29) is 42.0 Å². The van der Waals surface area contributed by atoms with Gasteiger partial charge in [-0.25, -0.2) is 4.39 Å². The molecule has 1 aliphatic heterocycles. The summed E-state index contributed by atoms with van der Waals surface area (Å²) in [5.41, 5.74) is -1.72. The van der Waals surface area contributed by atoms with Crippen LogP contribution in [0.3, 0.4) is 0 Å². The summed E-state index contributed by atoms with van der Waals surface area (Å²) in [5.74, 6) is -0.604. The highest BCUT2D eigenvalue weighted by Gasteiger charge is 2.75. The van der Waals surface area contributed by atoms with Gasteiger partial charge >= 0.3 is 0 Å². The highest BCUT2D eigenvalue weighted by Crippen LogP contribution is 2.69. The molecule has 5 rings (SSSR count). The van der Waals surface area contributed by atoms with Crippen LogP contribution in [-0.2, 0) is 14.3 Å². The highest BCUT2D eigenvalue weighted by atomic mass is 19.1. The van der Waals surface area contributed by atoms with Crippen molar-refractivity contribution < 1.29 is 33.3 Å². The van der Waals surface area contributed by atoms with Gasteiger partial charge in [-0.3, -0.25) is 19.3 Å². The van der Waals surface area contributed by atoms with Gasteiger partial charge in [0.1, 0.15) is 24.5 Å². The highest BCUT2D eigenvalue weighted by molar-refractivity contribution is 5.93. The molecule has 3 N–H and O–H groups in total. The first-order valence-electron chi connectivity index (χ1n) is 12.6. The van der Waals surface area contributed by atoms with Crippen molar-refractivity contribution in [1.29, 1.82) is 0 Å².